The number of rotatable bonds is 3. The first-order valence-corrected chi connectivity index (χ1v) is 10.2. The van der Waals surface area contributed by atoms with Crippen molar-refractivity contribution in [2.24, 2.45) is 0 Å². The second-order valence-corrected chi connectivity index (χ2v) is 8.01. The van der Waals surface area contributed by atoms with Crippen LogP contribution in [0.4, 0.5) is 0 Å². The molecular formula is C22H30N2O3. The molecule has 5 nitrogen and oxygen atoms in total. The standard InChI is InChI=1S/C22H30N2O3/c1-16-7-8-19-17(2)21(27-20(19)13-16)22(25)24-11-6-12-26-18(15-24)14-23-9-4-3-5-10-23/h7-8,13,18H,3-6,9-12,14-15H2,1-2H3/t18-/m0/s1. The van der Waals surface area contributed by atoms with Crippen LogP contribution in [-0.2, 0) is 4.74 Å². The lowest BCUT2D eigenvalue weighted by atomic mass is 10.1. The number of carbonyl (C=O) groups is 1. The first-order chi connectivity index (χ1) is 13.1. The second kappa shape index (κ2) is 8.03. The summed E-state index contributed by atoms with van der Waals surface area (Å²) in [5.41, 5.74) is 2.87. The second-order valence-electron chi connectivity index (χ2n) is 8.01. The average Bonchev–Trinajstić information content (AvgIpc) is 2.84. The van der Waals surface area contributed by atoms with E-state index in [1.54, 1.807) is 0 Å². The van der Waals surface area contributed by atoms with Crippen LogP contribution in [0.1, 0.15) is 47.4 Å². The number of fused-ring (bicyclic) bond motifs is 1. The zero-order valence-electron chi connectivity index (χ0n) is 16.5. The van der Waals surface area contributed by atoms with Gasteiger partial charge in [0.2, 0.25) is 0 Å². The number of ether oxygens (including phenoxy) is 1. The van der Waals surface area contributed by atoms with E-state index in [1.807, 2.05) is 30.9 Å². The number of nitrogens with zero attached hydrogens (tertiary/aromatic N) is 2. The van der Waals surface area contributed by atoms with Gasteiger partial charge in [-0.1, -0.05) is 18.6 Å². The monoisotopic (exact) mass is 370 g/mol. The molecule has 0 saturated carbocycles. The number of aryl methyl sites for hydroxylation is 2. The summed E-state index contributed by atoms with van der Waals surface area (Å²) >= 11 is 0. The summed E-state index contributed by atoms with van der Waals surface area (Å²) in [6.45, 7) is 9.33. The Morgan fingerprint density at radius 1 is 1.11 bits per heavy atom. The highest BCUT2D eigenvalue weighted by atomic mass is 16.5. The quantitative estimate of drug-likeness (QED) is 0.825. The van der Waals surface area contributed by atoms with Gasteiger partial charge in [0, 0.05) is 37.2 Å². The molecule has 0 N–H and O–H groups in total. The highest BCUT2D eigenvalue weighted by Crippen LogP contribution is 2.27. The summed E-state index contributed by atoms with van der Waals surface area (Å²) in [5.74, 6) is 0.477. The van der Waals surface area contributed by atoms with Crippen LogP contribution in [-0.4, -0.2) is 61.1 Å². The molecule has 1 aromatic heterocycles. The predicted octanol–water partition coefficient (Wildman–Crippen LogP) is 3.77. The third-order valence-corrected chi connectivity index (χ3v) is 5.84. The fourth-order valence-electron chi connectivity index (χ4n) is 4.30. The minimum Gasteiger partial charge on any atom is -0.451 e. The third-order valence-electron chi connectivity index (χ3n) is 5.84. The van der Waals surface area contributed by atoms with Gasteiger partial charge in [-0.05, 0) is 57.8 Å². The highest BCUT2D eigenvalue weighted by Gasteiger charge is 2.28. The van der Waals surface area contributed by atoms with Gasteiger partial charge in [-0.3, -0.25) is 4.79 Å². The number of amides is 1. The summed E-state index contributed by atoms with van der Waals surface area (Å²) < 4.78 is 12.0. The molecule has 1 atom stereocenters. The van der Waals surface area contributed by atoms with Gasteiger partial charge in [-0.2, -0.15) is 0 Å². The molecule has 2 aromatic rings. The van der Waals surface area contributed by atoms with Crippen molar-refractivity contribution in [2.75, 3.05) is 39.3 Å². The number of carbonyl (C=O) groups excluding carboxylic acids is 1. The van der Waals surface area contributed by atoms with E-state index in [0.717, 1.165) is 61.3 Å². The molecule has 146 valence electrons. The molecule has 3 heterocycles. The fourth-order valence-corrected chi connectivity index (χ4v) is 4.30. The minimum absolute atomic E-state index is 0.00417. The van der Waals surface area contributed by atoms with Crippen molar-refractivity contribution in [1.29, 1.82) is 0 Å². The molecule has 4 rings (SSSR count). The summed E-state index contributed by atoms with van der Waals surface area (Å²) in [7, 11) is 0. The van der Waals surface area contributed by atoms with Crippen molar-refractivity contribution < 1.29 is 13.9 Å². The molecule has 1 amide bonds. The number of piperidine rings is 1. The topological polar surface area (TPSA) is 45.9 Å². The molecule has 0 spiro atoms. The van der Waals surface area contributed by atoms with Gasteiger partial charge < -0.3 is 19.0 Å². The molecule has 0 aliphatic carbocycles. The van der Waals surface area contributed by atoms with Crippen LogP contribution in [0.5, 0.6) is 0 Å². The van der Waals surface area contributed by atoms with Crippen LogP contribution in [0.3, 0.4) is 0 Å². The lowest BCUT2D eigenvalue weighted by molar-refractivity contribution is 0.0211. The van der Waals surface area contributed by atoms with Crippen LogP contribution >= 0.6 is 0 Å². The van der Waals surface area contributed by atoms with Crippen LogP contribution < -0.4 is 0 Å². The minimum atomic E-state index is -0.00417. The van der Waals surface area contributed by atoms with Crippen molar-refractivity contribution in [3.8, 4) is 0 Å². The lowest BCUT2D eigenvalue weighted by Crippen LogP contribution is -2.43. The van der Waals surface area contributed by atoms with Crippen molar-refractivity contribution >= 4 is 16.9 Å². The predicted molar refractivity (Wildman–Crippen MR) is 106 cm³/mol. The van der Waals surface area contributed by atoms with E-state index in [0.29, 0.717) is 12.3 Å². The Kier molecular flexibility index (Phi) is 5.50. The van der Waals surface area contributed by atoms with E-state index in [2.05, 4.69) is 11.0 Å². The number of hydrogen-bond donors (Lipinski definition) is 0. The maximum atomic E-state index is 13.2. The van der Waals surface area contributed by atoms with Gasteiger partial charge in [0.15, 0.2) is 5.76 Å². The SMILES string of the molecule is Cc1ccc2c(C)c(C(=O)N3CCCO[C@@H](CN4CCCCC4)C3)oc2c1. The molecular weight excluding hydrogens is 340 g/mol. The largest absolute Gasteiger partial charge is 0.451 e. The van der Waals surface area contributed by atoms with Crippen LogP contribution in [0.2, 0.25) is 0 Å². The Labute approximate surface area is 161 Å². The molecule has 27 heavy (non-hydrogen) atoms. The summed E-state index contributed by atoms with van der Waals surface area (Å²) in [4.78, 5) is 17.6. The van der Waals surface area contributed by atoms with Crippen LogP contribution in [0.15, 0.2) is 22.6 Å². The van der Waals surface area contributed by atoms with Gasteiger partial charge in [0.05, 0.1) is 6.10 Å². The Hall–Kier alpha value is -1.85. The molecule has 5 heteroatoms. The molecule has 2 aliphatic rings. The molecule has 1 aromatic carbocycles. The number of hydrogen-bond acceptors (Lipinski definition) is 4. The van der Waals surface area contributed by atoms with E-state index in [4.69, 9.17) is 9.15 Å². The van der Waals surface area contributed by atoms with Crippen molar-refractivity contribution in [2.45, 2.75) is 45.6 Å². The molecule has 0 radical (unpaired) electrons. The molecule has 0 unspecified atom stereocenters. The normalized spacial score (nSPS) is 22.1. The highest BCUT2D eigenvalue weighted by molar-refractivity contribution is 5.99. The summed E-state index contributed by atoms with van der Waals surface area (Å²) in [6.07, 6.45) is 4.83. The van der Waals surface area contributed by atoms with E-state index in [-0.39, 0.29) is 12.0 Å². The molecule has 2 fully saturated rings. The Morgan fingerprint density at radius 2 is 1.93 bits per heavy atom. The van der Waals surface area contributed by atoms with Crippen LogP contribution in [0.25, 0.3) is 11.0 Å². The maximum absolute atomic E-state index is 13.2. The van der Waals surface area contributed by atoms with Gasteiger partial charge in [-0.25, -0.2) is 0 Å². The van der Waals surface area contributed by atoms with Crippen molar-refractivity contribution in [3.63, 3.8) is 0 Å². The van der Waals surface area contributed by atoms with Gasteiger partial charge in [0.25, 0.3) is 5.91 Å². The van der Waals surface area contributed by atoms with Crippen LogP contribution in [0, 0.1) is 13.8 Å². The Bertz CT molecular complexity index is 807. The van der Waals surface area contributed by atoms with Gasteiger partial charge in [0.1, 0.15) is 5.58 Å². The zero-order valence-corrected chi connectivity index (χ0v) is 16.5. The number of likely N-dealkylation sites (tertiary alicyclic amines) is 1. The molecule has 2 aliphatic heterocycles. The first kappa shape index (κ1) is 18.5. The van der Waals surface area contributed by atoms with Crippen molar-refractivity contribution in [3.05, 3.63) is 35.1 Å². The zero-order chi connectivity index (χ0) is 18.8. The smallest absolute Gasteiger partial charge is 0.289 e. The van der Waals surface area contributed by atoms with E-state index < -0.39 is 0 Å². The summed E-state index contributed by atoms with van der Waals surface area (Å²) in [6, 6.07) is 6.11. The Balaban J connectivity index is 1.50. The lowest BCUT2D eigenvalue weighted by Gasteiger charge is -2.31. The maximum Gasteiger partial charge on any atom is 0.289 e. The summed E-state index contributed by atoms with van der Waals surface area (Å²) in [5, 5.41) is 1.03. The average molecular weight is 370 g/mol. The Morgan fingerprint density at radius 3 is 2.74 bits per heavy atom. The van der Waals surface area contributed by atoms with E-state index >= 15 is 0 Å². The number of benzene rings is 1. The molecule has 2 saturated heterocycles. The first-order valence-electron chi connectivity index (χ1n) is 10.2. The van der Waals surface area contributed by atoms with Gasteiger partial charge in [-0.15, -0.1) is 0 Å². The molecule has 0 bridgehead atoms. The third kappa shape index (κ3) is 4.04. The van der Waals surface area contributed by atoms with E-state index in [1.165, 1.54) is 19.3 Å². The fraction of sp³-hybridized carbons (Fsp3) is 0.591. The van der Waals surface area contributed by atoms with Gasteiger partial charge >= 0.3 is 0 Å². The number of furan rings is 1. The van der Waals surface area contributed by atoms with Crippen molar-refractivity contribution in [1.82, 2.24) is 9.80 Å². The van der Waals surface area contributed by atoms with E-state index in [9.17, 15) is 4.79 Å².